The molecule has 0 aliphatic carbocycles. The summed E-state index contributed by atoms with van der Waals surface area (Å²) < 4.78 is 15.3. The predicted molar refractivity (Wildman–Crippen MR) is 77.3 cm³/mol. The van der Waals surface area contributed by atoms with Crippen LogP contribution in [0.25, 0.3) is 0 Å². The molecule has 0 atom stereocenters. The van der Waals surface area contributed by atoms with Crippen molar-refractivity contribution in [1.29, 1.82) is 0 Å². The van der Waals surface area contributed by atoms with Gasteiger partial charge < -0.3 is 15.7 Å². The van der Waals surface area contributed by atoms with E-state index < -0.39 is 5.82 Å². The van der Waals surface area contributed by atoms with Crippen molar-refractivity contribution in [2.75, 3.05) is 17.2 Å². The zero-order chi connectivity index (χ0) is 15.2. The van der Waals surface area contributed by atoms with Gasteiger partial charge in [-0.05, 0) is 18.2 Å². The first-order valence-electron chi connectivity index (χ1n) is 6.51. The third kappa shape index (κ3) is 4.28. The monoisotopic (exact) mass is 292 g/mol. The summed E-state index contributed by atoms with van der Waals surface area (Å²) in [5.41, 5.74) is 1.70. The molecule has 0 bridgehead atoms. The van der Waals surface area contributed by atoms with Gasteiger partial charge in [-0.25, -0.2) is 4.39 Å². The van der Waals surface area contributed by atoms with E-state index in [1.54, 1.807) is 17.1 Å². The van der Waals surface area contributed by atoms with E-state index in [4.69, 9.17) is 5.11 Å². The molecule has 0 fully saturated rings. The molecule has 0 saturated heterocycles. The average molecular weight is 292 g/mol. The largest absolute Gasteiger partial charge is 0.394 e. The van der Waals surface area contributed by atoms with Gasteiger partial charge >= 0.3 is 0 Å². The molecule has 0 spiro atoms. The molecular weight excluding hydrogens is 275 g/mol. The second kappa shape index (κ2) is 6.85. The molecule has 1 aromatic heterocycles. The lowest BCUT2D eigenvalue weighted by Crippen LogP contribution is -2.07. The molecule has 2 rings (SSSR count). The lowest BCUT2D eigenvalue weighted by molar-refractivity contribution is -0.114. The number of anilines is 2. The summed E-state index contributed by atoms with van der Waals surface area (Å²) in [5.74, 6) is -0.607. The second-order valence-corrected chi connectivity index (χ2v) is 4.56. The summed E-state index contributed by atoms with van der Waals surface area (Å²) in [4.78, 5) is 11.0. The number of halogens is 1. The highest BCUT2D eigenvalue weighted by Crippen LogP contribution is 2.20. The summed E-state index contributed by atoms with van der Waals surface area (Å²) in [5, 5.41) is 18.4. The zero-order valence-electron chi connectivity index (χ0n) is 11.6. The van der Waals surface area contributed by atoms with Crippen LogP contribution in [0.3, 0.4) is 0 Å². The summed E-state index contributed by atoms with van der Waals surface area (Å²) in [6.45, 7) is 2.23. The molecule has 2 aromatic rings. The second-order valence-electron chi connectivity index (χ2n) is 4.56. The smallest absolute Gasteiger partial charge is 0.221 e. The average Bonchev–Trinajstić information content (AvgIpc) is 2.87. The van der Waals surface area contributed by atoms with Gasteiger partial charge in [0.2, 0.25) is 5.91 Å². The minimum absolute atomic E-state index is 0.0158. The Hall–Kier alpha value is -2.41. The van der Waals surface area contributed by atoms with E-state index in [2.05, 4.69) is 15.7 Å². The van der Waals surface area contributed by atoms with Crippen LogP contribution in [0.4, 0.5) is 15.8 Å². The number of carbonyl (C=O) groups excluding carboxylic acids is 1. The third-order valence-electron chi connectivity index (χ3n) is 2.79. The Morgan fingerprint density at radius 1 is 1.48 bits per heavy atom. The van der Waals surface area contributed by atoms with Crippen LogP contribution in [0.2, 0.25) is 0 Å². The van der Waals surface area contributed by atoms with Crippen LogP contribution >= 0.6 is 0 Å². The maximum atomic E-state index is 13.7. The number of rotatable bonds is 6. The first kappa shape index (κ1) is 15.0. The number of aliphatic hydroxyl groups is 1. The summed E-state index contributed by atoms with van der Waals surface area (Å²) >= 11 is 0. The predicted octanol–water partition coefficient (Wildman–Crippen LogP) is 1.58. The van der Waals surface area contributed by atoms with Crippen LogP contribution in [-0.2, 0) is 17.9 Å². The Labute approximate surface area is 121 Å². The summed E-state index contributed by atoms with van der Waals surface area (Å²) in [7, 11) is 0. The maximum absolute atomic E-state index is 13.7. The minimum Gasteiger partial charge on any atom is -0.394 e. The quantitative estimate of drug-likeness (QED) is 0.755. The van der Waals surface area contributed by atoms with Crippen LogP contribution < -0.4 is 10.6 Å². The fourth-order valence-electron chi connectivity index (χ4n) is 1.86. The number of aromatic nitrogens is 2. The Morgan fingerprint density at radius 3 is 3.00 bits per heavy atom. The topological polar surface area (TPSA) is 79.2 Å². The number of hydrogen-bond donors (Lipinski definition) is 3. The number of nitrogens with one attached hydrogen (secondary N) is 2. The molecule has 0 saturated carbocycles. The molecule has 1 heterocycles. The van der Waals surface area contributed by atoms with E-state index in [1.807, 2.05) is 0 Å². The van der Waals surface area contributed by atoms with Gasteiger partial charge in [0, 0.05) is 30.9 Å². The number of benzene rings is 1. The van der Waals surface area contributed by atoms with E-state index in [0.29, 0.717) is 24.5 Å². The normalized spacial score (nSPS) is 10.4. The number of amides is 1. The van der Waals surface area contributed by atoms with Gasteiger partial charge in [0.15, 0.2) is 0 Å². The highest BCUT2D eigenvalue weighted by molar-refractivity contribution is 5.89. The van der Waals surface area contributed by atoms with Gasteiger partial charge in [0.25, 0.3) is 0 Å². The van der Waals surface area contributed by atoms with Crippen molar-refractivity contribution in [2.24, 2.45) is 0 Å². The molecule has 1 aromatic carbocycles. The fraction of sp³-hybridized carbons (Fsp3) is 0.286. The first-order chi connectivity index (χ1) is 10.1. The summed E-state index contributed by atoms with van der Waals surface area (Å²) in [6, 6.07) is 4.33. The number of hydrogen-bond acceptors (Lipinski definition) is 4. The molecule has 112 valence electrons. The molecule has 21 heavy (non-hydrogen) atoms. The highest BCUT2D eigenvalue weighted by atomic mass is 19.1. The molecule has 6 nitrogen and oxygen atoms in total. The van der Waals surface area contributed by atoms with Crippen molar-refractivity contribution < 1.29 is 14.3 Å². The van der Waals surface area contributed by atoms with Crippen molar-refractivity contribution in [1.82, 2.24) is 9.78 Å². The molecule has 0 aliphatic rings. The first-order valence-corrected chi connectivity index (χ1v) is 6.51. The molecule has 0 radical (unpaired) electrons. The zero-order valence-corrected chi connectivity index (χ0v) is 11.6. The van der Waals surface area contributed by atoms with E-state index in [0.717, 1.165) is 5.56 Å². The van der Waals surface area contributed by atoms with Gasteiger partial charge in [-0.1, -0.05) is 0 Å². The van der Waals surface area contributed by atoms with Gasteiger partial charge in [0.1, 0.15) is 5.82 Å². The van der Waals surface area contributed by atoms with Crippen molar-refractivity contribution in [2.45, 2.75) is 20.0 Å². The van der Waals surface area contributed by atoms with Gasteiger partial charge in [-0.2, -0.15) is 5.10 Å². The minimum atomic E-state index is -0.396. The van der Waals surface area contributed by atoms with Crippen molar-refractivity contribution in [3.63, 3.8) is 0 Å². The van der Waals surface area contributed by atoms with Crippen molar-refractivity contribution >= 4 is 17.3 Å². The van der Waals surface area contributed by atoms with E-state index in [9.17, 15) is 9.18 Å². The number of aliphatic hydroxyl groups excluding tert-OH is 1. The maximum Gasteiger partial charge on any atom is 0.221 e. The van der Waals surface area contributed by atoms with Crippen LogP contribution in [0.5, 0.6) is 0 Å². The molecule has 0 aliphatic heterocycles. The van der Waals surface area contributed by atoms with Crippen molar-refractivity contribution in [3.8, 4) is 0 Å². The lowest BCUT2D eigenvalue weighted by atomic mass is 10.2. The van der Waals surface area contributed by atoms with E-state index in [1.165, 1.54) is 25.1 Å². The Morgan fingerprint density at radius 2 is 2.29 bits per heavy atom. The third-order valence-corrected chi connectivity index (χ3v) is 2.79. The standard InChI is InChI=1S/C14H17FN4O2/c1-10(21)18-12-2-3-13(15)14(6-12)16-7-11-8-17-19(9-11)4-5-20/h2-3,6,8-9,16,20H,4-5,7H2,1H3,(H,18,21). The molecule has 0 unspecified atom stereocenters. The Kier molecular flexibility index (Phi) is 4.89. The Bertz CT molecular complexity index is 627. The van der Waals surface area contributed by atoms with Crippen LogP contribution in [0.1, 0.15) is 12.5 Å². The molecular formula is C14H17FN4O2. The number of nitrogens with zero attached hydrogens (tertiary/aromatic N) is 2. The molecule has 1 amide bonds. The van der Waals surface area contributed by atoms with Gasteiger partial charge in [-0.3, -0.25) is 9.48 Å². The van der Waals surface area contributed by atoms with Gasteiger partial charge in [0.05, 0.1) is 25.0 Å². The lowest BCUT2D eigenvalue weighted by Gasteiger charge is -2.09. The Balaban J connectivity index is 2.02. The number of carbonyl (C=O) groups is 1. The molecule has 3 N–H and O–H groups in total. The summed E-state index contributed by atoms with van der Waals surface area (Å²) in [6.07, 6.45) is 3.43. The highest BCUT2D eigenvalue weighted by Gasteiger charge is 2.05. The van der Waals surface area contributed by atoms with E-state index in [-0.39, 0.29) is 12.5 Å². The van der Waals surface area contributed by atoms with Crippen molar-refractivity contribution in [3.05, 3.63) is 42.0 Å². The SMILES string of the molecule is CC(=O)Nc1ccc(F)c(NCc2cnn(CCO)c2)c1. The van der Waals surface area contributed by atoms with Crippen LogP contribution in [0.15, 0.2) is 30.6 Å². The van der Waals surface area contributed by atoms with Crippen LogP contribution in [-0.4, -0.2) is 27.4 Å². The van der Waals surface area contributed by atoms with Gasteiger partial charge in [-0.15, -0.1) is 0 Å². The van der Waals surface area contributed by atoms with Crippen LogP contribution in [0, 0.1) is 5.82 Å². The molecule has 7 heteroatoms. The van der Waals surface area contributed by atoms with E-state index >= 15 is 0 Å². The fourth-order valence-corrected chi connectivity index (χ4v) is 1.86.